The number of halogens is 1. The minimum atomic E-state index is 0. The molecule has 1 saturated heterocycles. The van der Waals surface area contributed by atoms with Gasteiger partial charge < -0.3 is 9.64 Å². The molecule has 0 bridgehead atoms. The summed E-state index contributed by atoms with van der Waals surface area (Å²) in [5, 5.41) is 3.25. The van der Waals surface area contributed by atoms with Crippen LogP contribution in [0, 0.1) is 6.92 Å². The van der Waals surface area contributed by atoms with E-state index in [0.717, 1.165) is 54.7 Å². The van der Waals surface area contributed by atoms with Crippen molar-refractivity contribution in [3.05, 3.63) is 45.9 Å². The van der Waals surface area contributed by atoms with Crippen LogP contribution in [0.15, 0.2) is 29.6 Å². The molecule has 5 nitrogen and oxygen atoms in total. The van der Waals surface area contributed by atoms with Gasteiger partial charge in [-0.2, -0.15) is 0 Å². The van der Waals surface area contributed by atoms with E-state index in [0.29, 0.717) is 6.42 Å². The Morgan fingerprint density at radius 3 is 2.44 bits per heavy atom. The number of nitrogens with zero attached hydrogens (tertiary/aromatic N) is 3. The zero-order chi connectivity index (χ0) is 16.9. The van der Waals surface area contributed by atoms with Crippen molar-refractivity contribution < 1.29 is 9.53 Å². The third kappa shape index (κ3) is 5.42. The van der Waals surface area contributed by atoms with Gasteiger partial charge in [-0.3, -0.25) is 9.69 Å². The van der Waals surface area contributed by atoms with E-state index in [2.05, 4.69) is 15.3 Å². The van der Waals surface area contributed by atoms with Crippen LogP contribution in [0.25, 0.3) is 0 Å². The first-order valence-corrected chi connectivity index (χ1v) is 9.06. The molecule has 7 heteroatoms. The monoisotopic (exact) mass is 381 g/mol. The lowest BCUT2D eigenvalue weighted by molar-refractivity contribution is -0.132. The van der Waals surface area contributed by atoms with Gasteiger partial charge in [-0.25, -0.2) is 4.98 Å². The molecule has 1 amide bonds. The van der Waals surface area contributed by atoms with Crippen molar-refractivity contribution in [2.45, 2.75) is 19.9 Å². The van der Waals surface area contributed by atoms with Crippen molar-refractivity contribution in [3.8, 4) is 5.75 Å². The summed E-state index contributed by atoms with van der Waals surface area (Å²) in [6.07, 6.45) is 0.454. The minimum absolute atomic E-state index is 0. The van der Waals surface area contributed by atoms with Crippen LogP contribution in [0.3, 0.4) is 0 Å². The number of methoxy groups -OCH3 is 1. The molecule has 3 rings (SSSR count). The SMILES string of the molecule is COc1ccc(CC(=O)N2CCN(Cc3nc(C)cs3)CC2)cc1.Cl. The first kappa shape index (κ1) is 19.7. The van der Waals surface area contributed by atoms with Gasteiger partial charge in [-0.05, 0) is 24.6 Å². The van der Waals surface area contributed by atoms with Gasteiger partial charge in [0.25, 0.3) is 0 Å². The lowest BCUT2D eigenvalue weighted by Crippen LogP contribution is -2.48. The van der Waals surface area contributed by atoms with Crippen LogP contribution in [0.2, 0.25) is 0 Å². The Balaban J connectivity index is 0.00000225. The maximum atomic E-state index is 12.5. The van der Waals surface area contributed by atoms with Gasteiger partial charge in [0, 0.05) is 37.3 Å². The molecule has 1 aromatic heterocycles. The van der Waals surface area contributed by atoms with Crippen molar-refractivity contribution in [3.63, 3.8) is 0 Å². The maximum absolute atomic E-state index is 12.5. The zero-order valence-corrected chi connectivity index (χ0v) is 16.2. The van der Waals surface area contributed by atoms with Crippen LogP contribution in [0.5, 0.6) is 5.75 Å². The Morgan fingerprint density at radius 2 is 1.88 bits per heavy atom. The van der Waals surface area contributed by atoms with E-state index < -0.39 is 0 Å². The topological polar surface area (TPSA) is 45.7 Å². The van der Waals surface area contributed by atoms with Crippen molar-refractivity contribution in [1.82, 2.24) is 14.8 Å². The number of carbonyl (C=O) groups excluding carboxylic acids is 1. The Hall–Kier alpha value is -1.63. The maximum Gasteiger partial charge on any atom is 0.227 e. The van der Waals surface area contributed by atoms with Crippen molar-refractivity contribution in [2.75, 3.05) is 33.3 Å². The summed E-state index contributed by atoms with van der Waals surface area (Å²) in [6.45, 7) is 6.31. The third-order valence-corrected chi connectivity index (χ3v) is 5.22. The lowest BCUT2D eigenvalue weighted by atomic mass is 10.1. The smallest absolute Gasteiger partial charge is 0.227 e. The van der Waals surface area contributed by atoms with Crippen LogP contribution in [0.1, 0.15) is 16.3 Å². The van der Waals surface area contributed by atoms with Crippen LogP contribution in [-0.2, 0) is 17.8 Å². The summed E-state index contributed by atoms with van der Waals surface area (Å²) >= 11 is 1.71. The molecule has 0 unspecified atom stereocenters. The van der Waals surface area contributed by atoms with Crippen molar-refractivity contribution in [2.24, 2.45) is 0 Å². The molecule has 1 fully saturated rings. The molecule has 0 spiro atoms. The normalized spacial score (nSPS) is 14.9. The molecule has 1 aromatic carbocycles. The molecular weight excluding hydrogens is 358 g/mol. The average Bonchev–Trinajstić information content (AvgIpc) is 3.01. The number of hydrogen-bond donors (Lipinski definition) is 0. The van der Waals surface area contributed by atoms with E-state index in [-0.39, 0.29) is 18.3 Å². The van der Waals surface area contributed by atoms with Crippen LogP contribution < -0.4 is 4.74 Å². The number of piperazine rings is 1. The largest absolute Gasteiger partial charge is 0.497 e. The fourth-order valence-electron chi connectivity index (χ4n) is 2.85. The highest BCUT2D eigenvalue weighted by molar-refractivity contribution is 7.09. The van der Waals surface area contributed by atoms with Crippen LogP contribution >= 0.6 is 23.7 Å². The molecule has 2 aromatic rings. The summed E-state index contributed by atoms with van der Waals surface area (Å²) in [7, 11) is 1.65. The first-order chi connectivity index (χ1) is 11.6. The fourth-order valence-corrected chi connectivity index (χ4v) is 3.66. The highest BCUT2D eigenvalue weighted by Gasteiger charge is 2.21. The molecule has 1 aliphatic rings. The Morgan fingerprint density at radius 1 is 1.20 bits per heavy atom. The molecule has 2 heterocycles. The Kier molecular flexibility index (Phi) is 7.23. The Labute approximate surface area is 159 Å². The summed E-state index contributed by atoms with van der Waals surface area (Å²) < 4.78 is 5.15. The first-order valence-electron chi connectivity index (χ1n) is 8.18. The molecular formula is C18H24ClN3O2S. The third-order valence-electron chi connectivity index (χ3n) is 4.26. The molecule has 25 heavy (non-hydrogen) atoms. The highest BCUT2D eigenvalue weighted by Crippen LogP contribution is 2.15. The minimum Gasteiger partial charge on any atom is -0.497 e. The van der Waals surface area contributed by atoms with E-state index in [1.165, 1.54) is 0 Å². The second-order valence-electron chi connectivity index (χ2n) is 6.06. The second-order valence-corrected chi connectivity index (χ2v) is 7.01. The van der Waals surface area contributed by atoms with Crippen LogP contribution in [-0.4, -0.2) is 54.0 Å². The number of amides is 1. The standard InChI is InChI=1S/C18H23N3O2S.ClH/c1-14-13-24-17(19-14)12-20-7-9-21(10-8-20)18(22)11-15-3-5-16(23-2)6-4-15;/h3-6,13H,7-12H2,1-2H3;1H. The van der Waals surface area contributed by atoms with E-state index in [1.807, 2.05) is 36.1 Å². The summed E-state index contributed by atoms with van der Waals surface area (Å²) in [5.74, 6) is 1.02. The average molecular weight is 382 g/mol. The Bertz CT molecular complexity index is 682. The summed E-state index contributed by atoms with van der Waals surface area (Å²) in [6, 6.07) is 7.71. The predicted molar refractivity (Wildman–Crippen MR) is 103 cm³/mol. The number of aromatic nitrogens is 1. The van der Waals surface area contributed by atoms with Crippen LogP contribution in [0.4, 0.5) is 0 Å². The van der Waals surface area contributed by atoms with Gasteiger partial charge in [0.2, 0.25) is 5.91 Å². The van der Waals surface area contributed by atoms with Crippen molar-refractivity contribution in [1.29, 1.82) is 0 Å². The number of aryl methyl sites for hydroxylation is 1. The number of ether oxygens (including phenoxy) is 1. The summed E-state index contributed by atoms with van der Waals surface area (Å²) in [5.41, 5.74) is 2.12. The number of rotatable bonds is 5. The molecule has 0 radical (unpaired) electrons. The number of thiazole rings is 1. The molecule has 136 valence electrons. The van der Waals surface area contributed by atoms with E-state index >= 15 is 0 Å². The van der Waals surface area contributed by atoms with Gasteiger partial charge in [-0.15, -0.1) is 23.7 Å². The molecule has 0 N–H and O–H groups in total. The van der Waals surface area contributed by atoms with E-state index in [4.69, 9.17) is 4.74 Å². The predicted octanol–water partition coefficient (Wildman–Crippen LogP) is 2.77. The van der Waals surface area contributed by atoms with Gasteiger partial charge in [0.15, 0.2) is 0 Å². The second kappa shape index (κ2) is 9.17. The van der Waals surface area contributed by atoms with Gasteiger partial charge >= 0.3 is 0 Å². The molecule has 0 atom stereocenters. The number of benzene rings is 1. The van der Waals surface area contributed by atoms with Crippen molar-refractivity contribution >= 4 is 29.7 Å². The van der Waals surface area contributed by atoms with E-state index in [9.17, 15) is 4.79 Å². The quantitative estimate of drug-likeness (QED) is 0.798. The number of hydrogen-bond acceptors (Lipinski definition) is 5. The van der Waals surface area contributed by atoms with Gasteiger partial charge in [0.05, 0.1) is 20.1 Å². The molecule has 0 saturated carbocycles. The zero-order valence-electron chi connectivity index (χ0n) is 14.6. The van der Waals surface area contributed by atoms with Gasteiger partial charge in [-0.1, -0.05) is 12.1 Å². The molecule has 1 aliphatic heterocycles. The molecule has 0 aliphatic carbocycles. The fraction of sp³-hybridized carbons (Fsp3) is 0.444. The number of carbonyl (C=O) groups is 1. The summed E-state index contributed by atoms with van der Waals surface area (Å²) in [4.78, 5) is 21.3. The lowest BCUT2D eigenvalue weighted by Gasteiger charge is -2.34. The highest BCUT2D eigenvalue weighted by atomic mass is 35.5. The van der Waals surface area contributed by atoms with Gasteiger partial charge in [0.1, 0.15) is 10.8 Å². The van der Waals surface area contributed by atoms with E-state index in [1.54, 1.807) is 18.4 Å².